The zero-order valence-electron chi connectivity index (χ0n) is 12.6. The van der Waals surface area contributed by atoms with Crippen molar-refractivity contribution in [2.45, 2.75) is 25.4 Å². The SMILES string of the molecule is CN(C)S(=O)(=O)N1Cc2ccnn2[C@@H](CN2CCCC2)C1. The Bertz CT molecular complexity index is 591. The molecule has 21 heavy (non-hydrogen) atoms. The van der Waals surface area contributed by atoms with E-state index in [2.05, 4.69) is 10.00 Å². The van der Waals surface area contributed by atoms with Gasteiger partial charge in [-0.3, -0.25) is 4.68 Å². The molecule has 7 nitrogen and oxygen atoms in total. The minimum atomic E-state index is -3.38. The molecule has 0 N–H and O–H groups in total. The number of fused-ring (bicyclic) bond motifs is 1. The van der Waals surface area contributed by atoms with Crippen molar-refractivity contribution in [2.24, 2.45) is 0 Å². The standard InChI is InChI=1S/C13H23N5O2S/c1-15(2)21(19,20)17-10-12-5-6-14-18(12)13(11-17)9-16-7-3-4-8-16/h5-6,13H,3-4,7-11H2,1-2H3/t13-/m0/s1. The highest BCUT2D eigenvalue weighted by molar-refractivity contribution is 7.86. The lowest BCUT2D eigenvalue weighted by Gasteiger charge is -2.36. The van der Waals surface area contributed by atoms with E-state index in [4.69, 9.17) is 0 Å². The van der Waals surface area contributed by atoms with E-state index in [1.807, 2.05) is 10.7 Å². The first-order valence-corrected chi connectivity index (χ1v) is 8.80. The maximum atomic E-state index is 12.4. The van der Waals surface area contributed by atoms with Crippen LogP contribution in [0.15, 0.2) is 12.3 Å². The van der Waals surface area contributed by atoms with Crippen LogP contribution < -0.4 is 0 Å². The van der Waals surface area contributed by atoms with Gasteiger partial charge in [-0.1, -0.05) is 0 Å². The van der Waals surface area contributed by atoms with Crippen LogP contribution in [0.25, 0.3) is 0 Å². The molecular formula is C13H23N5O2S. The van der Waals surface area contributed by atoms with Gasteiger partial charge in [0.05, 0.1) is 18.3 Å². The predicted molar refractivity (Wildman–Crippen MR) is 80.0 cm³/mol. The van der Waals surface area contributed by atoms with Crippen molar-refractivity contribution in [1.29, 1.82) is 0 Å². The van der Waals surface area contributed by atoms with Gasteiger partial charge in [-0.25, -0.2) is 0 Å². The molecule has 2 aliphatic heterocycles. The average molecular weight is 313 g/mol. The molecular weight excluding hydrogens is 290 g/mol. The number of likely N-dealkylation sites (tertiary alicyclic amines) is 1. The summed E-state index contributed by atoms with van der Waals surface area (Å²) in [4.78, 5) is 2.40. The molecule has 0 saturated carbocycles. The summed E-state index contributed by atoms with van der Waals surface area (Å²) in [6.07, 6.45) is 4.23. The van der Waals surface area contributed by atoms with Crippen molar-refractivity contribution in [3.63, 3.8) is 0 Å². The van der Waals surface area contributed by atoms with Crippen molar-refractivity contribution in [3.8, 4) is 0 Å². The third kappa shape index (κ3) is 2.85. The second-order valence-electron chi connectivity index (χ2n) is 6.01. The summed E-state index contributed by atoms with van der Waals surface area (Å²) in [5.41, 5.74) is 0.968. The van der Waals surface area contributed by atoms with E-state index in [1.165, 1.54) is 17.1 Å². The summed E-state index contributed by atoms with van der Waals surface area (Å²) >= 11 is 0. The molecule has 1 atom stereocenters. The van der Waals surface area contributed by atoms with Crippen LogP contribution in [0.1, 0.15) is 24.6 Å². The van der Waals surface area contributed by atoms with Gasteiger partial charge in [0, 0.05) is 33.4 Å². The Kier molecular flexibility index (Phi) is 4.04. The van der Waals surface area contributed by atoms with Gasteiger partial charge in [0.25, 0.3) is 10.2 Å². The Hall–Kier alpha value is -0.960. The number of hydrogen-bond donors (Lipinski definition) is 0. The molecule has 8 heteroatoms. The molecule has 0 spiro atoms. The maximum absolute atomic E-state index is 12.4. The first-order valence-electron chi connectivity index (χ1n) is 7.41. The molecule has 0 aliphatic carbocycles. The van der Waals surface area contributed by atoms with Gasteiger partial charge < -0.3 is 4.90 Å². The van der Waals surface area contributed by atoms with Crippen LogP contribution >= 0.6 is 0 Å². The van der Waals surface area contributed by atoms with E-state index in [1.54, 1.807) is 24.6 Å². The first-order chi connectivity index (χ1) is 9.98. The summed E-state index contributed by atoms with van der Waals surface area (Å²) in [5, 5.41) is 4.40. The van der Waals surface area contributed by atoms with E-state index in [-0.39, 0.29) is 6.04 Å². The van der Waals surface area contributed by atoms with Gasteiger partial charge in [-0.2, -0.15) is 22.1 Å². The topological polar surface area (TPSA) is 61.7 Å². The molecule has 0 amide bonds. The molecule has 1 saturated heterocycles. The van der Waals surface area contributed by atoms with Crippen molar-refractivity contribution < 1.29 is 8.42 Å². The normalized spacial score (nSPS) is 24.6. The van der Waals surface area contributed by atoms with Crippen molar-refractivity contribution >= 4 is 10.2 Å². The number of rotatable bonds is 4. The van der Waals surface area contributed by atoms with Crippen LogP contribution in [0, 0.1) is 0 Å². The molecule has 3 heterocycles. The highest BCUT2D eigenvalue weighted by Gasteiger charge is 2.34. The largest absolute Gasteiger partial charge is 0.301 e. The van der Waals surface area contributed by atoms with Gasteiger partial charge in [0.1, 0.15) is 0 Å². The third-order valence-electron chi connectivity index (χ3n) is 4.31. The van der Waals surface area contributed by atoms with Crippen molar-refractivity contribution in [3.05, 3.63) is 18.0 Å². The van der Waals surface area contributed by atoms with Crippen LogP contribution in [-0.2, 0) is 16.8 Å². The second-order valence-corrected chi connectivity index (χ2v) is 8.15. The first kappa shape index (κ1) is 15.0. The molecule has 3 rings (SSSR count). The number of hydrogen-bond acceptors (Lipinski definition) is 4. The molecule has 1 aromatic heterocycles. The lowest BCUT2D eigenvalue weighted by atomic mass is 10.2. The van der Waals surface area contributed by atoms with E-state index in [0.29, 0.717) is 13.1 Å². The lowest BCUT2D eigenvalue weighted by molar-refractivity contribution is 0.197. The predicted octanol–water partition coefficient (Wildman–Crippen LogP) is 0.142. The fraction of sp³-hybridized carbons (Fsp3) is 0.769. The Morgan fingerprint density at radius 2 is 2.05 bits per heavy atom. The minimum Gasteiger partial charge on any atom is -0.301 e. The fourth-order valence-electron chi connectivity index (χ4n) is 3.16. The third-order valence-corrected chi connectivity index (χ3v) is 6.16. The van der Waals surface area contributed by atoms with Crippen molar-refractivity contribution in [2.75, 3.05) is 40.3 Å². The highest BCUT2D eigenvalue weighted by atomic mass is 32.2. The lowest BCUT2D eigenvalue weighted by Crippen LogP contribution is -2.48. The molecule has 2 aliphatic rings. The zero-order chi connectivity index (χ0) is 15.0. The Balaban J connectivity index is 1.83. The molecule has 1 aromatic rings. The summed E-state index contributed by atoms with van der Waals surface area (Å²) in [7, 11) is -0.220. The molecule has 0 aromatic carbocycles. The molecule has 1 fully saturated rings. The number of aromatic nitrogens is 2. The number of nitrogens with zero attached hydrogens (tertiary/aromatic N) is 5. The molecule has 0 bridgehead atoms. The van der Waals surface area contributed by atoms with Gasteiger partial charge in [0.2, 0.25) is 0 Å². The van der Waals surface area contributed by atoms with Crippen LogP contribution in [0.2, 0.25) is 0 Å². The Morgan fingerprint density at radius 1 is 1.33 bits per heavy atom. The molecule has 0 radical (unpaired) electrons. The highest BCUT2D eigenvalue weighted by Crippen LogP contribution is 2.25. The minimum absolute atomic E-state index is 0.0941. The van der Waals surface area contributed by atoms with E-state index >= 15 is 0 Å². The molecule has 118 valence electrons. The van der Waals surface area contributed by atoms with Gasteiger partial charge in [0.15, 0.2) is 0 Å². The van der Waals surface area contributed by atoms with Crippen LogP contribution in [0.3, 0.4) is 0 Å². The average Bonchev–Trinajstić information content (AvgIpc) is 3.08. The van der Waals surface area contributed by atoms with Crippen LogP contribution in [0.5, 0.6) is 0 Å². The van der Waals surface area contributed by atoms with E-state index in [0.717, 1.165) is 25.3 Å². The summed E-state index contributed by atoms with van der Waals surface area (Å²) in [6, 6.07) is 2.01. The Morgan fingerprint density at radius 3 is 2.71 bits per heavy atom. The smallest absolute Gasteiger partial charge is 0.281 e. The van der Waals surface area contributed by atoms with E-state index < -0.39 is 10.2 Å². The maximum Gasteiger partial charge on any atom is 0.281 e. The van der Waals surface area contributed by atoms with Gasteiger partial charge in [-0.05, 0) is 32.0 Å². The van der Waals surface area contributed by atoms with Gasteiger partial charge >= 0.3 is 0 Å². The monoisotopic (exact) mass is 313 g/mol. The Labute approximate surface area is 126 Å². The summed E-state index contributed by atoms with van der Waals surface area (Å²) in [6.45, 7) is 3.97. The molecule has 0 unspecified atom stereocenters. The quantitative estimate of drug-likeness (QED) is 0.793. The summed E-state index contributed by atoms with van der Waals surface area (Å²) in [5.74, 6) is 0. The van der Waals surface area contributed by atoms with Gasteiger partial charge in [-0.15, -0.1) is 0 Å². The second kappa shape index (κ2) is 5.68. The van der Waals surface area contributed by atoms with E-state index in [9.17, 15) is 8.42 Å². The fourth-order valence-corrected chi connectivity index (χ4v) is 4.28. The summed E-state index contributed by atoms with van der Waals surface area (Å²) < 4.78 is 29.7. The van der Waals surface area contributed by atoms with Crippen molar-refractivity contribution in [1.82, 2.24) is 23.3 Å². The van der Waals surface area contributed by atoms with Crippen LogP contribution in [0.4, 0.5) is 0 Å². The van der Waals surface area contributed by atoms with Crippen LogP contribution in [-0.4, -0.2) is 72.0 Å². The zero-order valence-corrected chi connectivity index (χ0v) is 13.5.